The first kappa shape index (κ1) is 18.1. The highest BCUT2D eigenvalue weighted by Gasteiger charge is 2.16. The molecule has 0 aliphatic carbocycles. The summed E-state index contributed by atoms with van der Waals surface area (Å²) >= 11 is 0. The van der Waals surface area contributed by atoms with Crippen molar-refractivity contribution >= 4 is 5.91 Å². The number of aryl methyl sites for hydroxylation is 1. The Kier molecular flexibility index (Phi) is 5.28. The van der Waals surface area contributed by atoms with Gasteiger partial charge in [-0.3, -0.25) is 4.79 Å². The summed E-state index contributed by atoms with van der Waals surface area (Å²) < 4.78 is 13.0. The van der Waals surface area contributed by atoms with Gasteiger partial charge in [0.2, 0.25) is 5.91 Å². The van der Waals surface area contributed by atoms with Crippen LogP contribution < -0.4 is 14.8 Å². The molecule has 0 bridgehead atoms. The predicted octanol–water partition coefficient (Wildman–Crippen LogP) is 3.45. The summed E-state index contributed by atoms with van der Waals surface area (Å²) in [7, 11) is 0. The van der Waals surface area contributed by atoms with Crippen molar-refractivity contribution in [2.75, 3.05) is 13.2 Å². The number of carbonyl (C=O) groups excluding carboxylic acids is 1. The molecule has 1 unspecified atom stereocenters. The lowest BCUT2D eigenvalue weighted by molar-refractivity contribution is -0.121. The monoisotopic (exact) mass is 377 g/mol. The first-order valence-corrected chi connectivity index (χ1v) is 9.47. The van der Waals surface area contributed by atoms with Crippen LogP contribution in [-0.2, 0) is 11.2 Å². The Morgan fingerprint density at radius 2 is 1.93 bits per heavy atom. The van der Waals surface area contributed by atoms with E-state index in [0.717, 1.165) is 28.3 Å². The van der Waals surface area contributed by atoms with Crippen LogP contribution in [0.2, 0.25) is 0 Å². The fourth-order valence-electron chi connectivity index (χ4n) is 3.20. The van der Waals surface area contributed by atoms with Crippen LogP contribution in [0.3, 0.4) is 0 Å². The summed E-state index contributed by atoms with van der Waals surface area (Å²) in [5, 5.41) is 7.42. The number of fused-ring (bicyclic) bond motifs is 1. The molecular formula is C22H23N3O3. The Labute approximate surface area is 164 Å². The highest BCUT2D eigenvalue weighted by atomic mass is 16.6. The van der Waals surface area contributed by atoms with E-state index in [2.05, 4.69) is 10.4 Å². The van der Waals surface area contributed by atoms with Crippen LogP contribution in [0.15, 0.2) is 60.9 Å². The fraction of sp³-hybridized carbons (Fsp3) is 0.273. The third kappa shape index (κ3) is 4.17. The van der Waals surface area contributed by atoms with Gasteiger partial charge < -0.3 is 14.8 Å². The minimum absolute atomic E-state index is 0.00912. The van der Waals surface area contributed by atoms with Crippen molar-refractivity contribution in [1.82, 2.24) is 15.1 Å². The summed E-state index contributed by atoms with van der Waals surface area (Å²) in [6, 6.07) is 15.6. The van der Waals surface area contributed by atoms with Crippen LogP contribution in [0.4, 0.5) is 0 Å². The molecule has 2 heterocycles. The zero-order chi connectivity index (χ0) is 19.3. The molecule has 1 atom stereocenters. The van der Waals surface area contributed by atoms with Gasteiger partial charge in [-0.1, -0.05) is 24.3 Å². The van der Waals surface area contributed by atoms with Gasteiger partial charge in [-0.2, -0.15) is 5.10 Å². The number of benzene rings is 2. The number of rotatable bonds is 6. The van der Waals surface area contributed by atoms with Gasteiger partial charge in [-0.25, -0.2) is 4.68 Å². The number of nitrogens with one attached hydrogen (secondary N) is 1. The van der Waals surface area contributed by atoms with Crippen LogP contribution in [-0.4, -0.2) is 28.9 Å². The number of aromatic nitrogens is 2. The van der Waals surface area contributed by atoms with Gasteiger partial charge in [0.1, 0.15) is 13.2 Å². The lowest BCUT2D eigenvalue weighted by atomic mass is 10.1. The molecule has 4 rings (SSSR count). The zero-order valence-electron chi connectivity index (χ0n) is 15.8. The minimum Gasteiger partial charge on any atom is -0.486 e. The second-order valence-electron chi connectivity index (χ2n) is 6.82. The smallest absolute Gasteiger partial charge is 0.220 e. The maximum atomic E-state index is 12.4. The first-order valence-electron chi connectivity index (χ1n) is 9.47. The molecule has 6 heteroatoms. The van der Waals surface area contributed by atoms with Crippen molar-refractivity contribution in [3.63, 3.8) is 0 Å². The number of ether oxygens (including phenoxy) is 2. The minimum atomic E-state index is -0.102. The lowest BCUT2D eigenvalue weighted by Crippen LogP contribution is -2.27. The number of para-hydroxylation sites is 1. The molecule has 0 spiro atoms. The van der Waals surface area contributed by atoms with Crippen LogP contribution >= 0.6 is 0 Å². The van der Waals surface area contributed by atoms with Gasteiger partial charge >= 0.3 is 0 Å². The topological polar surface area (TPSA) is 65.4 Å². The molecule has 0 saturated carbocycles. The highest BCUT2D eigenvalue weighted by molar-refractivity contribution is 5.76. The average molecular weight is 377 g/mol. The van der Waals surface area contributed by atoms with Crippen molar-refractivity contribution in [3.8, 4) is 17.2 Å². The van der Waals surface area contributed by atoms with E-state index < -0.39 is 0 Å². The molecule has 0 saturated heterocycles. The Morgan fingerprint density at radius 3 is 2.75 bits per heavy atom. The highest BCUT2D eigenvalue weighted by Crippen LogP contribution is 2.32. The molecule has 28 heavy (non-hydrogen) atoms. The van der Waals surface area contributed by atoms with Gasteiger partial charge in [-0.15, -0.1) is 0 Å². The summed E-state index contributed by atoms with van der Waals surface area (Å²) in [6.07, 6.45) is 4.83. The lowest BCUT2D eigenvalue weighted by Gasteiger charge is -2.21. The van der Waals surface area contributed by atoms with Crippen molar-refractivity contribution in [1.29, 1.82) is 0 Å². The van der Waals surface area contributed by atoms with Gasteiger partial charge in [0.15, 0.2) is 11.5 Å². The van der Waals surface area contributed by atoms with Crippen LogP contribution in [0, 0.1) is 0 Å². The van der Waals surface area contributed by atoms with Crippen LogP contribution in [0.25, 0.3) is 5.69 Å². The van der Waals surface area contributed by atoms with E-state index >= 15 is 0 Å². The van der Waals surface area contributed by atoms with E-state index in [-0.39, 0.29) is 11.9 Å². The van der Waals surface area contributed by atoms with Crippen molar-refractivity contribution < 1.29 is 14.3 Å². The second kappa shape index (κ2) is 8.17. The SMILES string of the molecule is CC(NC(=O)CCc1cnn(-c2ccccc2)c1)c1ccc2c(c1)OCCO2. The normalized spacial score (nSPS) is 13.8. The molecule has 144 valence electrons. The summed E-state index contributed by atoms with van der Waals surface area (Å²) in [5.41, 5.74) is 3.03. The summed E-state index contributed by atoms with van der Waals surface area (Å²) in [5.74, 6) is 1.50. The first-order chi connectivity index (χ1) is 13.7. The number of hydrogen-bond acceptors (Lipinski definition) is 4. The molecule has 0 fully saturated rings. The maximum Gasteiger partial charge on any atom is 0.220 e. The van der Waals surface area contributed by atoms with Gasteiger partial charge in [-0.05, 0) is 48.7 Å². The van der Waals surface area contributed by atoms with E-state index in [1.807, 2.05) is 72.5 Å². The molecule has 1 amide bonds. The Morgan fingerprint density at radius 1 is 1.14 bits per heavy atom. The number of nitrogens with zero attached hydrogens (tertiary/aromatic N) is 2. The molecule has 3 aromatic rings. The van der Waals surface area contributed by atoms with Gasteiger partial charge in [0.25, 0.3) is 0 Å². The molecule has 1 aliphatic rings. The summed E-state index contributed by atoms with van der Waals surface area (Å²) in [4.78, 5) is 12.4. The van der Waals surface area contributed by atoms with E-state index in [0.29, 0.717) is 26.1 Å². The van der Waals surface area contributed by atoms with Crippen LogP contribution in [0.5, 0.6) is 11.5 Å². The average Bonchev–Trinajstić information content (AvgIpc) is 3.22. The third-order valence-corrected chi connectivity index (χ3v) is 4.74. The number of hydrogen-bond donors (Lipinski definition) is 1. The standard InChI is InChI=1S/C22H23N3O3/c1-16(18-8-9-20-21(13-18)28-12-11-27-20)24-22(26)10-7-17-14-23-25(15-17)19-5-3-2-4-6-19/h2-6,8-9,13-16H,7,10-12H2,1H3,(H,24,26). The second-order valence-corrected chi connectivity index (χ2v) is 6.82. The zero-order valence-corrected chi connectivity index (χ0v) is 15.8. The van der Waals surface area contributed by atoms with Crippen LogP contribution in [0.1, 0.15) is 30.5 Å². The van der Waals surface area contributed by atoms with Gasteiger partial charge in [0.05, 0.1) is 17.9 Å². The fourth-order valence-corrected chi connectivity index (χ4v) is 3.20. The molecular weight excluding hydrogens is 354 g/mol. The van der Waals surface area contributed by atoms with E-state index in [4.69, 9.17) is 9.47 Å². The summed E-state index contributed by atoms with van der Waals surface area (Å²) in [6.45, 7) is 3.09. The van der Waals surface area contributed by atoms with Crippen molar-refractivity contribution in [2.24, 2.45) is 0 Å². The largest absolute Gasteiger partial charge is 0.486 e. The predicted molar refractivity (Wildman–Crippen MR) is 106 cm³/mol. The van der Waals surface area contributed by atoms with Crippen molar-refractivity contribution in [2.45, 2.75) is 25.8 Å². The Hall–Kier alpha value is -3.28. The molecule has 1 aliphatic heterocycles. The molecule has 2 aromatic carbocycles. The molecule has 6 nitrogen and oxygen atoms in total. The number of carbonyl (C=O) groups is 1. The Balaban J connectivity index is 1.31. The Bertz CT molecular complexity index is 953. The van der Waals surface area contributed by atoms with E-state index in [9.17, 15) is 4.79 Å². The molecule has 1 N–H and O–H groups in total. The number of amides is 1. The third-order valence-electron chi connectivity index (χ3n) is 4.74. The molecule has 0 radical (unpaired) electrons. The van der Waals surface area contributed by atoms with E-state index in [1.54, 1.807) is 0 Å². The quantitative estimate of drug-likeness (QED) is 0.715. The van der Waals surface area contributed by atoms with Gasteiger partial charge in [0, 0.05) is 12.6 Å². The van der Waals surface area contributed by atoms with E-state index in [1.165, 1.54) is 0 Å². The molecule has 1 aromatic heterocycles. The maximum absolute atomic E-state index is 12.4. The van der Waals surface area contributed by atoms with Crippen molar-refractivity contribution in [3.05, 3.63) is 72.1 Å².